The molecule has 6 atom stereocenters. The molecule has 0 N–H and O–H groups in total. The number of carbonyl (C=O) groups is 3. The lowest BCUT2D eigenvalue weighted by atomic mass is 9.49. The first kappa shape index (κ1) is 17.7. The van der Waals surface area contributed by atoms with Crippen LogP contribution >= 0.6 is 0 Å². The number of esters is 1. The second-order valence-corrected chi connectivity index (χ2v) is 8.96. The minimum Gasteiger partial charge on any atom is -0.458 e. The molecule has 2 fully saturated rings. The topological polar surface area (TPSA) is 60.4 Å². The van der Waals surface area contributed by atoms with Gasteiger partial charge in [-0.1, -0.05) is 32.4 Å². The van der Waals surface area contributed by atoms with Gasteiger partial charge < -0.3 is 4.74 Å². The summed E-state index contributed by atoms with van der Waals surface area (Å²) in [4.78, 5) is 37.2. The zero-order valence-corrected chi connectivity index (χ0v) is 15.9. The molecule has 0 saturated heterocycles. The molecule has 26 heavy (non-hydrogen) atoms. The predicted octanol–water partition coefficient (Wildman–Crippen LogP) is 3.80. The second-order valence-electron chi connectivity index (χ2n) is 8.96. The van der Waals surface area contributed by atoms with Crippen molar-refractivity contribution in [3.63, 3.8) is 0 Å². The fourth-order valence-electron chi connectivity index (χ4n) is 6.08. The minimum atomic E-state index is -0.309. The van der Waals surface area contributed by atoms with E-state index in [4.69, 9.17) is 4.74 Å². The molecule has 0 aromatic rings. The maximum atomic E-state index is 13.1. The number of rotatable bonds is 2. The Balaban J connectivity index is 1.66. The van der Waals surface area contributed by atoms with E-state index in [1.54, 1.807) is 6.92 Å². The standard InChI is InChI=1S/C22H28O4/c1-4-19(25)26-14-7-9-21(2)13(11-14)12-17(23)20-15-5-6-18(24)22(15,3)10-8-16(20)21/h7,9,12,14-16,20H,4-6,8,10-11H2,1-3H3/t14-,15+,16+,20+,21+,22+/m1/s1. The Morgan fingerprint density at radius 1 is 1.23 bits per heavy atom. The van der Waals surface area contributed by atoms with Crippen molar-refractivity contribution in [1.82, 2.24) is 0 Å². The first-order valence-corrected chi connectivity index (χ1v) is 9.96. The van der Waals surface area contributed by atoms with Gasteiger partial charge in [0.25, 0.3) is 0 Å². The van der Waals surface area contributed by atoms with Crippen molar-refractivity contribution >= 4 is 17.5 Å². The molecule has 0 aliphatic heterocycles. The molecule has 0 aromatic heterocycles. The molecule has 0 radical (unpaired) electrons. The number of ketones is 2. The van der Waals surface area contributed by atoms with Crippen LogP contribution in [0.15, 0.2) is 23.8 Å². The van der Waals surface area contributed by atoms with Gasteiger partial charge in [0.2, 0.25) is 0 Å². The monoisotopic (exact) mass is 356 g/mol. The molecule has 0 amide bonds. The third-order valence-electron chi connectivity index (χ3n) is 7.74. The Bertz CT molecular complexity index is 732. The van der Waals surface area contributed by atoms with Crippen LogP contribution in [0.4, 0.5) is 0 Å². The molecule has 4 heteroatoms. The van der Waals surface area contributed by atoms with Crippen LogP contribution in [0.3, 0.4) is 0 Å². The number of fused-ring (bicyclic) bond motifs is 5. The number of carbonyl (C=O) groups excluding carboxylic acids is 3. The first-order chi connectivity index (χ1) is 12.3. The van der Waals surface area contributed by atoms with Crippen LogP contribution in [0.5, 0.6) is 0 Å². The second kappa shape index (κ2) is 5.90. The van der Waals surface area contributed by atoms with E-state index >= 15 is 0 Å². The molecule has 4 rings (SSSR count). The van der Waals surface area contributed by atoms with Crippen LogP contribution in [0, 0.1) is 28.6 Å². The summed E-state index contributed by atoms with van der Waals surface area (Å²) >= 11 is 0. The van der Waals surface area contributed by atoms with Crippen LogP contribution in [0.25, 0.3) is 0 Å². The molecule has 0 aromatic carbocycles. The highest BCUT2D eigenvalue weighted by atomic mass is 16.5. The molecular formula is C22H28O4. The quantitative estimate of drug-likeness (QED) is 0.558. The van der Waals surface area contributed by atoms with Crippen LogP contribution in [0.1, 0.15) is 59.3 Å². The summed E-state index contributed by atoms with van der Waals surface area (Å²) in [6, 6.07) is 0. The molecule has 4 aliphatic rings. The summed E-state index contributed by atoms with van der Waals surface area (Å²) in [7, 11) is 0. The SMILES string of the molecule is CCC(=O)O[C@@H]1C=C[C@@]2(C)C(=CC(=O)[C@@H]3[C@@H]2CC[C@]2(C)C(=O)CC[C@@H]32)C1. The largest absolute Gasteiger partial charge is 0.458 e. The minimum absolute atomic E-state index is 0.0478. The first-order valence-electron chi connectivity index (χ1n) is 9.96. The van der Waals surface area contributed by atoms with Crippen molar-refractivity contribution in [3.8, 4) is 0 Å². The van der Waals surface area contributed by atoms with Crippen LogP contribution < -0.4 is 0 Å². The molecule has 140 valence electrons. The van der Waals surface area contributed by atoms with E-state index in [-0.39, 0.29) is 46.4 Å². The van der Waals surface area contributed by atoms with Gasteiger partial charge >= 0.3 is 5.97 Å². The zero-order chi connectivity index (χ0) is 18.7. The van der Waals surface area contributed by atoms with Gasteiger partial charge in [0.15, 0.2) is 5.78 Å². The van der Waals surface area contributed by atoms with Crippen LogP contribution in [-0.2, 0) is 19.1 Å². The van der Waals surface area contributed by atoms with E-state index in [0.717, 1.165) is 24.8 Å². The van der Waals surface area contributed by atoms with E-state index in [0.29, 0.717) is 25.0 Å². The van der Waals surface area contributed by atoms with Crippen LogP contribution in [-0.4, -0.2) is 23.6 Å². The fourth-order valence-corrected chi connectivity index (χ4v) is 6.08. The van der Waals surface area contributed by atoms with E-state index < -0.39 is 0 Å². The molecule has 0 heterocycles. The van der Waals surface area contributed by atoms with Crippen molar-refractivity contribution in [2.24, 2.45) is 28.6 Å². The zero-order valence-electron chi connectivity index (χ0n) is 15.9. The van der Waals surface area contributed by atoms with Gasteiger partial charge in [-0.3, -0.25) is 14.4 Å². The van der Waals surface area contributed by atoms with Gasteiger partial charge in [-0.05, 0) is 43.3 Å². The maximum Gasteiger partial charge on any atom is 0.306 e. The van der Waals surface area contributed by atoms with Gasteiger partial charge in [-0.15, -0.1) is 0 Å². The Hall–Kier alpha value is -1.71. The van der Waals surface area contributed by atoms with Gasteiger partial charge in [0.05, 0.1) is 0 Å². The molecule has 0 spiro atoms. The van der Waals surface area contributed by atoms with Gasteiger partial charge in [-0.25, -0.2) is 0 Å². The number of allylic oxidation sites excluding steroid dienone is 2. The third-order valence-corrected chi connectivity index (χ3v) is 7.74. The van der Waals surface area contributed by atoms with Crippen molar-refractivity contribution in [2.75, 3.05) is 0 Å². The highest BCUT2D eigenvalue weighted by molar-refractivity contribution is 5.97. The lowest BCUT2D eigenvalue weighted by Gasteiger charge is -2.54. The van der Waals surface area contributed by atoms with Crippen molar-refractivity contribution in [3.05, 3.63) is 23.8 Å². The summed E-state index contributed by atoms with van der Waals surface area (Å²) in [6.07, 6.45) is 9.94. The van der Waals surface area contributed by atoms with E-state index in [9.17, 15) is 14.4 Å². The van der Waals surface area contributed by atoms with Gasteiger partial charge in [-0.2, -0.15) is 0 Å². The Kier molecular flexibility index (Phi) is 4.01. The molecular weight excluding hydrogens is 328 g/mol. The summed E-state index contributed by atoms with van der Waals surface area (Å²) in [5.41, 5.74) is 0.615. The Morgan fingerprint density at radius 3 is 2.73 bits per heavy atom. The highest BCUT2D eigenvalue weighted by Crippen LogP contribution is 2.62. The fraction of sp³-hybridized carbons (Fsp3) is 0.682. The molecule has 0 unspecified atom stereocenters. The smallest absolute Gasteiger partial charge is 0.306 e. The molecule has 4 nitrogen and oxygen atoms in total. The van der Waals surface area contributed by atoms with E-state index in [2.05, 4.69) is 19.9 Å². The average Bonchev–Trinajstić information content (AvgIpc) is 2.91. The molecule has 4 aliphatic carbocycles. The molecule has 2 saturated carbocycles. The summed E-state index contributed by atoms with van der Waals surface area (Å²) in [6.45, 7) is 6.08. The van der Waals surface area contributed by atoms with Crippen LogP contribution in [0.2, 0.25) is 0 Å². The highest BCUT2D eigenvalue weighted by Gasteiger charge is 2.60. The summed E-state index contributed by atoms with van der Waals surface area (Å²) in [5, 5.41) is 0. The predicted molar refractivity (Wildman–Crippen MR) is 97.2 cm³/mol. The van der Waals surface area contributed by atoms with E-state index in [1.165, 1.54) is 0 Å². The van der Waals surface area contributed by atoms with Gasteiger partial charge in [0, 0.05) is 36.0 Å². The average molecular weight is 356 g/mol. The number of ether oxygens (including phenoxy) is 1. The molecule has 0 bridgehead atoms. The Labute approximate surface area is 155 Å². The van der Waals surface area contributed by atoms with Crippen molar-refractivity contribution < 1.29 is 19.1 Å². The van der Waals surface area contributed by atoms with Crippen molar-refractivity contribution in [1.29, 1.82) is 0 Å². The number of Topliss-reactive ketones (excluding diaryl/α,β-unsaturated/α-hetero) is 1. The third kappa shape index (κ3) is 2.37. The number of hydrogen-bond donors (Lipinski definition) is 0. The lowest BCUT2D eigenvalue weighted by Crippen LogP contribution is -2.52. The summed E-state index contributed by atoms with van der Waals surface area (Å²) < 4.78 is 5.48. The lowest BCUT2D eigenvalue weighted by molar-refractivity contribution is -0.146. The van der Waals surface area contributed by atoms with Crippen molar-refractivity contribution in [2.45, 2.75) is 65.4 Å². The normalized spacial score (nSPS) is 44.0. The summed E-state index contributed by atoms with van der Waals surface area (Å²) in [5.74, 6) is 0.705. The van der Waals surface area contributed by atoms with E-state index in [1.807, 2.05) is 12.2 Å². The Morgan fingerprint density at radius 2 is 2.00 bits per heavy atom. The maximum absolute atomic E-state index is 13.1. The van der Waals surface area contributed by atoms with Gasteiger partial charge in [0.1, 0.15) is 11.9 Å². The number of hydrogen-bond acceptors (Lipinski definition) is 4.